The van der Waals surface area contributed by atoms with Crippen molar-refractivity contribution in [2.24, 2.45) is 5.92 Å². The van der Waals surface area contributed by atoms with Gasteiger partial charge in [-0.2, -0.15) is 15.0 Å². The first-order valence-electron chi connectivity index (χ1n) is 17.9. The van der Waals surface area contributed by atoms with Crippen LogP contribution in [0.5, 0.6) is 0 Å². The van der Waals surface area contributed by atoms with Crippen molar-refractivity contribution in [1.29, 1.82) is 5.26 Å². The number of hydrogen-bond donors (Lipinski definition) is 3. The Morgan fingerprint density at radius 3 is 2.18 bits per heavy atom. The van der Waals surface area contributed by atoms with Gasteiger partial charge < -0.3 is 25.4 Å². The molecule has 2 aromatic carbocycles. The SMILES string of the molecule is CNC(=O)c1ccc2c(c1)CCc1cc(C(=O)NC)ccc1C2(C[C@@H](C)NCC(=O)N1C(C#N)C[C@@H]2C[C@@H]21)c1nc(=O)on1C1CCCCC1. The number of nitriles is 1. The molecule has 50 heavy (non-hydrogen) atoms. The predicted molar refractivity (Wildman–Crippen MR) is 185 cm³/mol. The highest BCUT2D eigenvalue weighted by Crippen LogP contribution is 2.49. The molecular weight excluding hydrogens is 634 g/mol. The van der Waals surface area contributed by atoms with Crippen LogP contribution in [0.3, 0.4) is 0 Å². The maximum atomic E-state index is 13.5. The lowest BCUT2D eigenvalue weighted by atomic mass is 9.67. The van der Waals surface area contributed by atoms with E-state index in [0.29, 0.717) is 42.1 Å². The van der Waals surface area contributed by atoms with Crippen molar-refractivity contribution in [1.82, 2.24) is 30.6 Å². The lowest BCUT2D eigenvalue weighted by Crippen LogP contribution is -2.47. The Bertz CT molecular complexity index is 1850. The van der Waals surface area contributed by atoms with Crippen molar-refractivity contribution in [3.8, 4) is 6.07 Å². The summed E-state index contributed by atoms with van der Waals surface area (Å²) in [5.41, 5.74) is 3.67. The fourth-order valence-electron chi connectivity index (χ4n) is 8.92. The Labute approximate surface area is 291 Å². The molecule has 4 aliphatic rings. The van der Waals surface area contributed by atoms with Crippen LogP contribution in [0.15, 0.2) is 45.7 Å². The third-order valence-corrected chi connectivity index (χ3v) is 11.4. The van der Waals surface area contributed by atoms with Gasteiger partial charge in [0.05, 0.1) is 24.1 Å². The second kappa shape index (κ2) is 13.5. The van der Waals surface area contributed by atoms with Crippen LogP contribution in [0, 0.1) is 17.2 Å². The van der Waals surface area contributed by atoms with Crippen LogP contribution in [0.2, 0.25) is 0 Å². The van der Waals surface area contributed by atoms with E-state index < -0.39 is 11.2 Å². The summed E-state index contributed by atoms with van der Waals surface area (Å²) in [7, 11) is 3.21. The third kappa shape index (κ3) is 5.91. The minimum absolute atomic E-state index is 0.0503. The number of benzene rings is 2. The largest absolute Gasteiger partial charge is 0.459 e. The number of nitrogens with one attached hydrogen (secondary N) is 3. The minimum atomic E-state index is -1.05. The highest BCUT2D eigenvalue weighted by atomic mass is 16.5. The van der Waals surface area contributed by atoms with E-state index in [1.165, 1.54) is 0 Å². The lowest BCUT2D eigenvalue weighted by molar-refractivity contribution is -0.131. The average Bonchev–Trinajstić information content (AvgIpc) is 3.67. The Balaban J connectivity index is 1.38. The first-order valence-corrected chi connectivity index (χ1v) is 17.9. The fourth-order valence-corrected chi connectivity index (χ4v) is 8.92. The number of rotatable bonds is 9. The van der Waals surface area contributed by atoms with E-state index in [9.17, 15) is 24.4 Å². The normalized spacial score (nSPS) is 22.7. The molecule has 12 nitrogen and oxygen atoms in total. The molecule has 262 valence electrons. The molecule has 3 aromatic rings. The van der Waals surface area contributed by atoms with Gasteiger partial charge in [0.1, 0.15) is 6.04 Å². The van der Waals surface area contributed by atoms with E-state index in [2.05, 4.69) is 27.0 Å². The molecule has 2 saturated carbocycles. The van der Waals surface area contributed by atoms with Crippen LogP contribution in [-0.2, 0) is 23.1 Å². The molecule has 0 spiro atoms. The van der Waals surface area contributed by atoms with E-state index in [4.69, 9.17) is 4.52 Å². The summed E-state index contributed by atoms with van der Waals surface area (Å²) in [6, 6.07) is 13.1. The third-order valence-electron chi connectivity index (χ3n) is 11.4. The zero-order chi connectivity index (χ0) is 35.2. The van der Waals surface area contributed by atoms with Crippen molar-refractivity contribution in [2.45, 2.75) is 101 Å². The molecular formula is C38H45N7O5. The number of aryl methyl sites for hydroxylation is 2. The Kier molecular flexibility index (Phi) is 9.11. The van der Waals surface area contributed by atoms with Crippen molar-refractivity contribution >= 4 is 17.7 Å². The van der Waals surface area contributed by atoms with Gasteiger partial charge in [0, 0.05) is 37.3 Å². The second-order valence-electron chi connectivity index (χ2n) is 14.4. The van der Waals surface area contributed by atoms with Gasteiger partial charge in [-0.3, -0.25) is 14.4 Å². The van der Waals surface area contributed by atoms with E-state index in [1.54, 1.807) is 23.7 Å². The number of nitrogens with zero attached hydrogens (tertiary/aromatic N) is 4. The molecule has 0 bridgehead atoms. The number of likely N-dealkylation sites (tertiary alicyclic amines) is 1. The van der Waals surface area contributed by atoms with Crippen LogP contribution in [-0.4, -0.2) is 71.1 Å². The van der Waals surface area contributed by atoms with Gasteiger partial charge in [-0.15, -0.1) is 0 Å². The Hall–Kier alpha value is -4.76. The predicted octanol–water partition coefficient (Wildman–Crippen LogP) is 3.37. The number of fused-ring (bicyclic) bond motifs is 3. The van der Waals surface area contributed by atoms with E-state index >= 15 is 0 Å². The van der Waals surface area contributed by atoms with Gasteiger partial charge in [0.2, 0.25) is 5.91 Å². The van der Waals surface area contributed by atoms with E-state index in [0.717, 1.165) is 67.2 Å². The summed E-state index contributed by atoms with van der Waals surface area (Å²) in [4.78, 5) is 58.9. The molecule has 1 unspecified atom stereocenters. The molecule has 3 fully saturated rings. The number of carbonyl (C=O) groups excluding carboxylic acids is 3. The summed E-state index contributed by atoms with van der Waals surface area (Å²) in [5.74, 6) is -0.253. The zero-order valence-corrected chi connectivity index (χ0v) is 29.0. The summed E-state index contributed by atoms with van der Waals surface area (Å²) >= 11 is 0. The highest BCUT2D eigenvalue weighted by molar-refractivity contribution is 5.95. The molecule has 1 aliphatic heterocycles. The van der Waals surface area contributed by atoms with Gasteiger partial charge in [0.15, 0.2) is 5.82 Å². The van der Waals surface area contributed by atoms with Crippen LogP contribution < -0.4 is 21.7 Å². The maximum Gasteiger partial charge on any atom is 0.459 e. The molecule has 4 atom stereocenters. The molecule has 1 aromatic heterocycles. The topological polar surface area (TPSA) is 162 Å². The highest BCUT2D eigenvalue weighted by Gasteiger charge is 2.54. The van der Waals surface area contributed by atoms with Crippen molar-refractivity contribution in [2.75, 3.05) is 20.6 Å². The van der Waals surface area contributed by atoms with Crippen molar-refractivity contribution in [3.63, 3.8) is 0 Å². The van der Waals surface area contributed by atoms with Crippen LogP contribution in [0.4, 0.5) is 0 Å². The van der Waals surface area contributed by atoms with Crippen LogP contribution in [0.25, 0.3) is 0 Å². The van der Waals surface area contributed by atoms with Crippen molar-refractivity contribution in [3.05, 3.63) is 86.2 Å². The first kappa shape index (κ1) is 33.7. The molecule has 12 heteroatoms. The van der Waals surface area contributed by atoms with Crippen LogP contribution in [0.1, 0.15) is 113 Å². The fraction of sp³-hybridized carbons (Fsp3) is 0.526. The number of amides is 3. The van der Waals surface area contributed by atoms with Gasteiger partial charge >= 0.3 is 5.76 Å². The summed E-state index contributed by atoms with van der Waals surface area (Å²) in [6.07, 6.45) is 8.12. The molecule has 0 radical (unpaired) electrons. The van der Waals surface area contributed by atoms with Crippen molar-refractivity contribution < 1.29 is 18.9 Å². The smallest absolute Gasteiger partial charge is 0.355 e. The van der Waals surface area contributed by atoms with Gasteiger partial charge in [-0.05, 0) is 104 Å². The molecule has 2 heterocycles. The number of aromatic nitrogens is 2. The van der Waals surface area contributed by atoms with E-state index in [1.807, 2.05) is 43.3 Å². The standard InChI is InChI=1S/C38H45N7O5/c1-22(42-21-33(46)44-29(20-39)17-27-18-32(27)44)19-38(36-43-37(49)50-45(36)28-7-5-4-6-8-28)30-13-11-25(34(47)40-2)15-23(30)9-10-24-16-26(35(48)41-3)12-14-31(24)38/h11-16,22,27-29,32,42H,4-10,17-19,21H2,1-3H3,(H,40,47)(H,41,48)/t22-,27-,29?,32+/m1/s1. The van der Waals surface area contributed by atoms with Crippen LogP contribution >= 0.6 is 0 Å². The molecule has 7 rings (SSSR count). The average molecular weight is 680 g/mol. The zero-order valence-electron chi connectivity index (χ0n) is 29.0. The van der Waals surface area contributed by atoms with Gasteiger partial charge in [0.25, 0.3) is 11.8 Å². The molecule has 3 aliphatic carbocycles. The second-order valence-corrected chi connectivity index (χ2v) is 14.4. The molecule has 1 saturated heterocycles. The lowest BCUT2D eigenvalue weighted by Gasteiger charge is -2.39. The van der Waals surface area contributed by atoms with Gasteiger partial charge in [-0.25, -0.2) is 4.79 Å². The quantitative estimate of drug-likeness (QED) is 0.310. The molecule has 3 N–H and O–H groups in total. The first-order chi connectivity index (χ1) is 24.2. The Morgan fingerprint density at radius 1 is 0.980 bits per heavy atom. The Morgan fingerprint density at radius 2 is 1.60 bits per heavy atom. The monoisotopic (exact) mass is 679 g/mol. The van der Waals surface area contributed by atoms with E-state index in [-0.39, 0.29) is 48.4 Å². The summed E-state index contributed by atoms with van der Waals surface area (Å²) in [5, 5.41) is 18.6. The minimum Gasteiger partial charge on any atom is -0.355 e. The number of hydrogen-bond acceptors (Lipinski definition) is 8. The van der Waals surface area contributed by atoms with Gasteiger partial charge in [-0.1, -0.05) is 31.4 Å². The molecule has 3 amide bonds. The number of piperidine rings is 1. The summed E-state index contributed by atoms with van der Waals surface area (Å²) < 4.78 is 7.70. The number of carbonyl (C=O) groups is 3. The summed E-state index contributed by atoms with van der Waals surface area (Å²) in [6.45, 7) is 2.09. The maximum absolute atomic E-state index is 13.5.